The summed E-state index contributed by atoms with van der Waals surface area (Å²) < 4.78 is 12.2. The highest BCUT2D eigenvalue weighted by Crippen LogP contribution is 2.24. The van der Waals surface area contributed by atoms with Crippen molar-refractivity contribution in [2.24, 2.45) is 7.05 Å². The molecule has 0 fully saturated rings. The lowest BCUT2D eigenvalue weighted by Gasteiger charge is -2.15. The van der Waals surface area contributed by atoms with Crippen LogP contribution in [0.3, 0.4) is 0 Å². The number of rotatable bonds is 7. The predicted octanol–water partition coefficient (Wildman–Crippen LogP) is 2.81. The molecule has 0 unspecified atom stereocenters. The van der Waals surface area contributed by atoms with Crippen molar-refractivity contribution in [3.63, 3.8) is 0 Å². The van der Waals surface area contributed by atoms with Crippen LogP contribution >= 0.6 is 0 Å². The van der Waals surface area contributed by atoms with Crippen LogP contribution in [-0.2, 0) is 16.6 Å². The summed E-state index contributed by atoms with van der Waals surface area (Å²) >= 11 is 0. The number of carbonyl (C=O) groups is 3. The van der Waals surface area contributed by atoms with Crippen molar-refractivity contribution >= 4 is 23.3 Å². The largest absolute Gasteiger partial charge is 0.492 e. The van der Waals surface area contributed by atoms with E-state index >= 15 is 0 Å². The van der Waals surface area contributed by atoms with Gasteiger partial charge in [0.25, 0.3) is 5.91 Å². The Kier molecular flexibility index (Phi) is 6.16. The Balaban J connectivity index is 2.05. The molecule has 1 N–H and O–H groups in total. The number of hydrogen-bond acceptors (Lipinski definition) is 5. The summed E-state index contributed by atoms with van der Waals surface area (Å²) in [5.74, 6) is -0.777. The molecule has 0 aliphatic rings. The number of amides is 1. The van der Waals surface area contributed by atoms with Crippen molar-refractivity contribution in [3.8, 4) is 5.75 Å². The molecule has 138 valence electrons. The maximum atomic E-state index is 12.3. The van der Waals surface area contributed by atoms with Gasteiger partial charge >= 0.3 is 5.97 Å². The number of nitrogens with zero attached hydrogens (tertiary/aromatic N) is 1. The van der Waals surface area contributed by atoms with Crippen LogP contribution in [0.2, 0.25) is 0 Å². The molecular weight excluding hydrogens is 336 g/mol. The van der Waals surface area contributed by atoms with Gasteiger partial charge in [0.1, 0.15) is 11.4 Å². The zero-order valence-electron chi connectivity index (χ0n) is 15.2. The van der Waals surface area contributed by atoms with Crippen LogP contribution in [0, 0.1) is 0 Å². The van der Waals surface area contributed by atoms with Crippen molar-refractivity contribution in [2.45, 2.75) is 26.9 Å². The van der Waals surface area contributed by atoms with Crippen molar-refractivity contribution in [3.05, 3.63) is 47.8 Å². The molecule has 2 aromatic rings. The van der Waals surface area contributed by atoms with Gasteiger partial charge in [-0.25, -0.2) is 4.79 Å². The second kappa shape index (κ2) is 8.33. The van der Waals surface area contributed by atoms with Crippen LogP contribution in [0.15, 0.2) is 36.5 Å². The standard InChI is InChI=1S/C19H22N2O5/c1-5-25-17-9-7-6-8-15(17)20-18(23)13(3)26-19(24)16-10-14(12(2)22)11-21(16)4/h6-11,13H,5H2,1-4H3,(H,20,23)/t13-/m0/s1. The molecule has 0 saturated carbocycles. The van der Waals surface area contributed by atoms with E-state index in [0.717, 1.165) is 0 Å². The molecule has 0 bridgehead atoms. The van der Waals surface area contributed by atoms with Gasteiger partial charge in [0.05, 0.1) is 12.3 Å². The first-order valence-corrected chi connectivity index (χ1v) is 8.24. The van der Waals surface area contributed by atoms with Gasteiger partial charge in [0.15, 0.2) is 11.9 Å². The molecule has 7 heteroatoms. The maximum absolute atomic E-state index is 12.3. The van der Waals surface area contributed by atoms with Crippen molar-refractivity contribution in [1.82, 2.24) is 4.57 Å². The van der Waals surface area contributed by atoms with Crippen LogP contribution in [-0.4, -0.2) is 34.9 Å². The summed E-state index contributed by atoms with van der Waals surface area (Å²) in [5.41, 5.74) is 1.10. The Morgan fingerprint density at radius 2 is 1.92 bits per heavy atom. The Hall–Kier alpha value is -3.09. The maximum Gasteiger partial charge on any atom is 0.355 e. The molecule has 0 spiro atoms. The minimum Gasteiger partial charge on any atom is -0.492 e. The second-order valence-electron chi connectivity index (χ2n) is 5.75. The molecule has 26 heavy (non-hydrogen) atoms. The third-order valence-electron chi connectivity index (χ3n) is 3.72. The molecule has 0 saturated heterocycles. The number of aromatic nitrogens is 1. The number of para-hydroxylation sites is 2. The number of carbonyl (C=O) groups excluding carboxylic acids is 3. The smallest absolute Gasteiger partial charge is 0.355 e. The van der Waals surface area contributed by atoms with Gasteiger partial charge in [-0.2, -0.15) is 0 Å². The van der Waals surface area contributed by atoms with Gasteiger partial charge in [-0.3, -0.25) is 9.59 Å². The molecule has 1 heterocycles. The molecule has 0 radical (unpaired) electrons. The molecule has 7 nitrogen and oxygen atoms in total. The van der Waals surface area contributed by atoms with E-state index in [1.54, 1.807) is 37.5 Å². The van der Waals surface area contributed by atoms with E-state index in [-0.39, 0.29) is 11.5 Å². The Bertz CT molecular complexity index is 825. The van der Waals surface area contributed by atoms with Crippen LogP contribution in [0.1, 0.15) is 41.6 Å². The minimum atomic E-state index is -1.02. The summed E-state index contributed by atoms with van der Waals surface area (Å²) in [4.78, 5) is 36.0. The second-order valence-corrected chi connectivity index (χ2v) is 5.75. The number of anilines is 1. The summed E-state index contributed by atoms with van der Waals surface area (Å²) in [5, 5.41) is 2.69. The number of esters is 1. The van der Waals surface area contributed by atoms with E-state index in [2.05, 4.69) is 5.32 Å². The molecular formula is C19H22N2O5. The Morgan fingerprint density at radius 3 is 2.54 bits per heavy atom. The van der Waals surface area contributed by atoms with E-state index < -0.39 is 18.0 Å². The highest BCUT2D eigenvalue weighted by atomic mass is 16.5. The summed E-state index contributed by atoms with van der Waals surface area (Å²) in [6.07, 6.45) is 0.523. The zero-order valence-corrected chi connectivity index (χ0v) is 15.2. The topological polar surface area (TPSA) is 86.6 Å². The van der Waals surface area contributed by atoms with Gasteiger partial charge < -0.3 is 19.4 Å². The first-order valence-electron chi connectivity index (χ1n) is 8.24. The normalized spacial score (nSPS) is 11.5. The number of ether oxygens (including phenoxy) is 2. The molecule has 1 atom stereocenters. The lowest BCUT2D eigenvalue weighted by atomic mass is 10.2. The SMILES string of the molecule is CCOc1ccccc1NC(=O)[C@H](C)OC(=O)c1cc(C(C)=O)cn1C. The van der Waals surface area contributed by atoms with Crippen LogP contribution in [0.5, 0.6) is 5.75 Å². The number of Topliss-reactive ketones (excluding diaryl/α,β-unsaturated/α-hetero) is 1. The van der Waals surface area contributed by atoms with E-state index in [1.807, 2.05) is 6.92 Å². The average Bonchev–Trinajstić information content (AvgIpc) is 2.99. The summed E-state index contributed by atoms with van der Waals surface area (Å²) in [7, 11) is 1.63. The molecule has 2 rings (SSSR count). The van der Waals surface area contributed by atoms with E-state index in [0.29, 0.717) is 23.6 Å². The highest BCUT2D eigenvalue weighted by molar-refractivity contribution is 6.00. The van der Waals surface area contributed by atoms with Crippen molar-refractivity contribution in [2.75, 3.05) is 11.9 Å². The Labute approximate surface area is 151 Å². The van der Waals surface area contributed by atoms with Crippen molar-refractivity contribution < 1.29 is 23.9 Å². The first-order chi connectivity index (χ1) is 12.3. The number of nitrogens with one attached hydrogen (secondary N) is 1. The monoisotopic (exact) mass is 358 g/mol. The van der Waals surface area contributed by atoms with Gasteiger partial charge in [-0.1, -0.05) is 12.1 Å². The van der Waals surface area contributed by atoms with Gasteiger partial charge in [-0.15, -0.1) is 0 Å². The quantitative estimate of drug-likeness (QED) is 0.607. The average molecular weight is 358 g/mol. The predicted molar refractivity (Wildman–Crippen MR) is 96.5 cm³/mol. The fourth-order valence-electron chi connectivity index (χ4n) is 2.32. The third kappa shape index (κ3) is 4.50. The number of hydrogen-bond donors (Lipinski definition) is 1. The number of aryl methyl sites for hydroxylation is 1. The molecule has 1 aromatic carbocycles. The molecule has 1 aromatic heterocycles. The number of ketones is 1. The highest BCUT2D eigenvalue weighted by Gasteiger charge is 2.22. The van der Waals surface area contributed by atoms with Crippen LogP contribution < -0.4 is 10.1 Å². The van der Waals surface area contributed by atoms with Gasteiger partial charge in [0.2, 0.25) is 0 Å². The lowest BCUT2D eigenvalue weighted by Crippen LogP contribution is -2.30. The summed E-state index contributed by atoms with van der Waals surface area (Å²) in [6.45, 7) is 5.20. The first kappa shape index (κ1) is 19.2. The third-order valence-corrected chi connectivity index (χ3v) is 3.72. The van der Waals surface area contributed by atoms with E-state index in [4.69, 9.17) is 9.47 Å². The number of benzene rings is 1. The fraction of sp³-hybridized carbons (Fsp3) is 0.316. The van der Waals surface area contributed by atoms with E-state index in [1.165, 1.54) is 24.5 Å². The Morgan fingerprint density at radius 1 is 1.23 bits per heavy atom. The lowest BCUT2D eigenvalue weighted by molar-refractivity contribution is -0.123. The summed E-state index contributed by atoms with van der Waals surface area (Å²) in [6, 6.07) is 8.45. The fourth-order valence-corrected chi connectivity index (χ4v) is 2.32. The zero-order chi connectivity index (χ0) is 19.3. The van der Waals surface area contributed by atoms with E-state index in [9.17, 15) is 14.4 Å². The van der Waals surface area contributed by atoms with Gasteiger partial charge in [-0.05, 0) is 39.0 Å². The van der Waals surface area contributed by atoms with Crippen LogP contribution in [0.25, 0.3) is 0 Å². The van der Waals surface area contributed by atoms with Crippen molar-refractivity contribution in [1.29, 1.82) is 0 Å². The molecule has 0 aliphatic heterocycles. The van der Waals surface area contributed by atoms with Gasteiger partial charge in [0, 0.05) is 18.8 Å². The van der Waals surface area contributed by atoms with Crippen LogP contribution in [0.4, 0.5) is 5.69 Å². The minimum absolute atomic E-state index is 0.155. The molecule has 0 aliphatic carbocycles. The molecule has 1 amide bonds.